The Morgan fingerprint density at radius 3 is 2.06 bits per heavy atom. The number of unbranched alkanes of at least 4 members (excludes halogenated alkanes) is 2. The maximum atomic E-state index is 12.3. The van der Waals surface area contributed by atoms with Gasteiger partial charge in [-0.25, -0.2) is 0 Å². The van der Waals surface area contributed by atoms with Gasteiger partial charge in [0.05, 0.1) is 5.56 Å². The van der Waals surface area contributed by atoms with E-state index >= 15 is 0 Å². The van der Waals surface area contributed by atoms with Gasteiger partial charge in [-0.05, 0) is 43.5 Å². The predicted molar refractivity (Wildman–Crippen MR) is 58.1 cm³/mol. The molecule has 1 nitrogen and oxygen atoms in total. The number of halogens is 3. The van der Waals surface area contributed by atoms with Gasteiger partial charge in [0, 0.05) is 0 Å². The van der Waals surface area contributed by atoms with Gasteiger partial charge in [0.15, 0.2) is 0 Å². The van der Waals surface area contributed by atoms with Gasteiger partial charge >= 0.3 is 6.18 Å². The van der Waals surface area contributed by atoms with Crippen molar-refractivity contribution in [2.24, 2.45) is 5.73 Å². The van der Waals surface area contributed by atoms with Gasteiger partial charge in [-0.3, -0.25) is 0 Å². The third-order valence-corrected chi connectivity index (χ3v) is 2.45. The molecular weight excluding hydrogens is 215 g/mol. The van der Waals surface area contributed by atoms with E-state index in [0.717, 1.165) is 43.4 Å². The second-order valence-electron chi connectivity index (χ2n) is 3.79. The molecule has 1 aromatic rings. The first-order chi connectivity index (χ1) is 7.54. The molecule has 0 amide bonds. The van der Waals surface area contributed by atoms with Gasteiger partial charge in [0.1, 0.15) is 0 Å². The van der Waals surface area contributed by atoms with Crippen molar-refractivity contribution in [3.05, 3.63) is 35.4 Å². The number of aryl methyl sites for hydroxylation is 1. The minimum atomic E-state index is -4.24. The van der Waals surface area contributed by atoms with E-state index in [9.17, 15) is 13.2 Å². The number of hydrogen-bond donors (Lipinski definition) is 1. The molecule has 0 aliphatic heterocycles. The number of benzene rings is 1. The highest BCUT2D eigenvalue weighted by Crippen LogP contribution is 2.29. The topological polar surface area (TPSA) is 26.0 Å². The monoisotopic (exact) mass is 231 g/mol. The highest BCUT2D eigenvalue weighted by molar-refractivity contribution is 5.24. The minimum absolute atomic E-state index is 0.585. The first-order valence-corrected chi connectivity index (χ1v) is 5.40. The summed E-state index contributed by atoms with van der Waals surface area (Å²) in [5.74, 6) is 0. The molecule has 90 valence electrons. The van der Waals surface area contributed by atoms with Gasteiger partial charge < -0.3 is 5.73 Å². The molecule has 0 saturated carbocycles. The van der Waals surface area contributed by atoms with Crippen LogP contribution in [0.2, 0.25) is 0 Å². The first-order valence-electron chi connectivity index (χ1n) is 5.40. The summed E-state index contributed by atoms with van der Waals surface area (Å²) in [5, 5.41) is 0. The van der Waals surface area contributed by atoms with Gasteiger partial charge in [-0.15, -0.1) is 0 Å². The van der Waals surface area contributed by atoms with Crippen LogP contribution in [0.4, 0.5) is 13.2 Å². The lowest BCUT2D eigenvalue weighted by Gasteiger charge is -2.07. The summed E-state index contributed by atoms with van der Waals surface area (Å²) >= 11 is 0. The third-order valence-electron chi connectivity index (χ3n) is 2.45. The van der Waals surface area contributed by atoms with E-state index in [1.165, 1.54) is 0 Å². The summed E-state index contributed by atoms with van der Waals surface area (Å²) in [6.07, 6.45) is -0.447. The second-order valence-corrected chi connectivity index (χ2v) is 3.79. The van der Waals surface area contributed by atoms with Crippen molar-refractivity contribution in [3.8, 4) is 0 Å². The molecule has 4 heteroatoms. The van der Waals surface area contributed by atoms with Crippen molar-refractivity contribution in [1.82, 2.24) is 0 Å². The summed E-state index contributed by atoms with van der Waals surface area (Å²) in [6.45, 7) is 0.674. The fraction of sp³-hybridized carbons (Fsp3) is 0.500. The number of hydrogen-bond acceptors (Lipinski definition) is 1. The zero-order chi connectivity index (χ0) is 12.0. The highest BCUT2D eigenvalue weighted by atomic mass is 19.4. The standard InChI is InChI=1S/C12H16F3N/c13-12(14,15)11-7-5-10(6-8-11)4-2-1-3-9-16/h5-8H,1-4,9,16H2. The van der Waals surface area contributed by atoms with Crippen LogP contribution in [0.3, 0.4) is 0 Å². The Morgan fingerprint density at radius 1 is 0.938 bits per heavy atom. The Balaban J connectivity index is 2.46. The lowest BCUT2D eigenvalue weighted by Crippen LogP contribution is -2.04. The molecule has 16 heavy (non-hydrogen) atoms. The maximum Gasteiger partial charge on any atom is 0.416 e. The summed E-state index contributed by atoms with van der Waals surface area (Å²) < 4.78 is 36.8. The fourth-order valence-corrected chi connectivity index (χ4v) is 1.51. The molecule has 0 aliphatic carbocycles. The average molecular weight is 231 g/mol. The molecular formula is C12H16F3N. The Hall–Kier alpha value is -1.03. The van der Waals surface area contributed by atoms with E-state index in [2.05, 4.69) is 0 Å². The summed E-state index contributed by atoms with van der Waals surface area (Å²) in [5.41, 5.74) is 5.71. The summed E-state index contributed by atoms with van der Waals surface area (Å²) in [4.78, 5) is 0. The van der Waals surface area contributed by atoms with Crippen molar-refractivity contribution < 1.29 is 13.2 Å². The largest absolute Gasteiger partial charge is 0.416 e. The SMILES string of the molecule is NCCCCCc1ccc(C(F)(F)F)cc1. The maximum absolute atomic E-state index is 12.3. The first kappa shape index (κ1) is 13.0. The number of nitrogens with two attached hydrogens (primary N) is 1. The Morgan fingerprint density at radius 2 is 1.56 bits per heavy atom. The predicted octanol–water partition coefficient (Wildman–Crippen LogP) is 3.38. The number of rotatable bonds is 5. The molecule has 0 radical (unpaired) electrons. The Bertz CT molecular complexity index is 303. The van der Waals surface area contributed by atoms with Crippen molar-refractivity contribution >= 4 is 0 Å². The van der Waals surface area contributed by atoms with Crippen LogP contribution >= 0.6 is 0 Å². The van der Waals surface area contributed by atoms with Crippen molar-refractivity contribution in [1.29, 1.82) is 0 Å². The summed E-state index contributed by atoms with van der Waals surface area (Å²) in [7, 11) is 0. The molecule has 0 heterocycles. The van der Waals surface area contributed by atoms with Crippen LogP contribution in [0.1, 0.15) is 30.4 Å². The van der Waals surface area contributed by atoms with Crippen molar-refractivity contribution in [2.45, 2.75) is 31.9 Å². The zero-order valence-electron chi connectivity index (χ0n) is 9.06. The molecule has 1 rings (SSSR count). The van der Waals surface area contributed by atoms with Crippen molar-refractivity contribution in [2.75, 3.05) is 6.54 Å². The van der Waals surface area contributed by atoms with E-state index in [-0.39, 0.29) is 0 Å². The molecule has 0 spiro atoms. The quantitative estimate of drug-likeness (QED) is 0.772. The molecule has 0 bridgehead atoms. The molecule has 0 unspecified atom stereocenters. The van der Waals surface area contributed by atoms with E-state index in [4.69, 9.17) is 5.73 Å². The Kier molecular flexibility index (Phi) is 4.80. The molecule has 1 aromatic carbocycles. The molecule has 2 N–H and O–H groups in total. The highest BCUT2D eigenvalue weighted by Gasteiger charge is 2.29. The molecule has 0 aromatic heterocycles. The molecule has 0 aliphatic rings. The molecule has 0 saturated heterocycles. The van der Waals surface area contributed by atoms with Gasteiger partial charge in [0.2, 0.25) is 0 Å². The summed E-state index contributed by atoms with van der Waals surface area (Å²) in [6, 6.07) is 5.37. The number of alkyl halides is 3. The molecule has 0 fully saturated rings. The smallest absolute Gasteiger partial charge is 0.330 e. The van der Waals surface area contributed by atoms with E-state index in [1.54, 1.807) is 12.1 Å². The third kappa shape index (κ3) is 4.23. The minimum Gasteiger partial charge on any atom is -0.330 e. The van der Waals surface area contributed by atoms with Gasteiger partial charge in [0.25, 0.3) is 0 Å². The van der Waals surface area contributed by atoms with Crippen LogP contribution in [-0.4, -0.2) is 6.54 Å². The van der Waals surface area contributed by atoms with Crippen LogP contribution in [-0.2, 0) is 12.6 Å². The normalized spacial score (nSPS) is 11.8. The van der Waals surface area contributed by atoms with Crippen LogP contribution in [0.5, 0.6) is 0 Å². The van der Waals surface area contributed by atoms with E-state index < -0.39 is 11.7 Å². The van der Waals surface area contributed by atoms with Crippen LogP contribution in [0.25, 0.3) is 0 Å². The second kappa shape index (κ2) is 5.89. The zero-order valence-corrected chi connectivity index (χ0v) is 9.06. The van der Waals surface area contributed by atoms with Gasteiger partial charge in [-0.2, -0.15) is 13.2 Å². The van der Waals surface area contributed by atoms with E-state index in [0.29, 0.717) is 6.54 Å². The fourth-order valence-electron chi connectivity index (χ4n) is 1.51. The van der Waals surface area contributed by atoms with Crippen molar-refractivity contribution in [3.63, 3.8) is 0 Å². The van der Waals surface area contributed by atoms with Crippen LogP contribution in [0.15, 0.2) is 24.3 Å². The lowest BCUT2D eigenvalue weighted by molar-refractivity contribution is -0.137. The van der Waals surface area contributed by atoms with E-state index in [1.807, 2.05) is 0 Å². The Labute approximate surface area is 93.5 Å². The average Bonchev–Trinajstić information content (AvgIpc) is 2.24. The lowest BCUT2D eigenvalue weighted by atomic mass is 10.1. The van der Waals surface area contributed by atoms with Crippen LogP contribution in [0, 0.1) is 0 Å². The van der Waals surface area contributed by atoms with Gasteiger partial charge in [-0.1, -0.05) is 18.6 Å². The molecule has 0 atom stereocenters. The van der Waals surface area contributed by atoms with Crippen LogP contribution < -0.4 is 5.73 Å².